The molecule has 6 heteroatoms. The van der Waals surface area contributed by atoms with Crippen LogP contribution in [-0.4, -0.2) is 25.2 Å². The standard InChI is InChI=1S/C12H13FO4S/c1-3-4-5-18(16,17)9-6-8(2)11(13)10(7-9)12(14)15/h3-4,6-7H,5H2,1-2H3,(H,14,15)/b4-3+. The molecule has 0 heterocycles. The van der Waals surface area contributed by atoms with Crippen LogP contribution in [0.4, 0.5) is 4.39 Å². The number of carbonyl (C=O) groups is 1. The Morgan fingerprint density at radius 2 is 2.06 bits per heavy atom. The maximum absolute atomic E-state index is 13.5. The molecule has 0 spiro atoms. The summed E-state index contributed by atoms with van der Waals surface area (Å²) in [7, 11) is -3.63. The summed E-state index contributed by atoms with van der Waals surface area (Å²) in [5, 5.41) is 8.81. The average molecular weight is 272 g/mol. The Bertz CT molecular complexity index is 603. The normalized spacial score (nSPS) is 11.9. The Labute approximate surface area is 105 Å². The summed E-state index contributed by atoms with van der Waals surface area (Å²) < 4.78 is 37.2. The number of carboxylic acid groups (broad SMARTS) is 1. The molecule has 1 aromatic carbocycles. The van der Waals surface area contributed by atoms with Crippen LogP contribution in [0.1, 0.15) is 22.8 Å². The van der Waals surface area contributed by atoms with Crippen molar-refractivity contribution in [2.45, 2.75) is 18.7 Å². The van der Waals surface area contributed by atoms with E-state index in [1.54, 1.807) is 13.0 Å². The first-order valence-electron chi connectivity index (χ1n) is 5.17. The Balaban J connectivity index is 3.40. The zero-order valence-electron chi connectivity index (χ0n) is 9.97. The van der Waals surface area contributed by atoms with E-state index in [0.29, 0.717) is 0 Å². The number of hydrogen-bond donors (Lipinski definition) is 1. The summed E-state index contributed by atoms with van der Waals surface area (Å²) in [5.41, 5.74) is -0.636. The highest BCUT2D eigenvalue weighted by Gasteiger charge is 2.20. The van der Waals surface area contributed by atoms with Crippen molar-refractivity contribution in [1.29, 1.82) is 0 Å². The van der Waals surface area contributed by atoms with Gasteiger partial charge in [-0.15, -0.1) is 0 Å². The van der Waals surface area contributed by atoms with Gasteiger partial charge in [0.25, 0.3) is 0 Å². The number of sulfone groups is 1. The molecule has 0 saturated heterocycles. The van der Waals surface area contributed by atoms with Crippen molar-refractivity contribution in [3.05, 3.63) is 41.2 Å². The molecule has 1 rings (SSSR count). The third-order valence-corrected chi connectivity index (χ3v) is 3.95. The van der Waals surface area contributed by atoms with Crippen molar-refractivity contribution in [1.82, 2.24) is 0 Å². The topological polar surface area (TPSA) is 71.4 Å². The van der Waals surface area contributed by atoms with Gasteiger partial charge in [0.2, 0.25) is 0 Å². The van der Waals surface area contributed by atoms with Crippen LogP contribution in [0, 0.1) is 12.7 Å². The number of rotatable bonds is 4. The highest BCUT2D eigenvalue weighted by Crippen LogP contribution is 2.20. The minimum atomic E-state index is -3.63. The quantitative estimate of drug-likeness (QED) is 0.673. The molecular formula is C12H13FO4S. The molecule has 0 aliphatic carbocycles. The van der Waals surface area contributed by atoms with Gasteiger partial charge < -0.3 is 5.11 Å². The van der Waals surface area contributed by atoms with Gasteiger partial charge in [-0.1, -0.05) is 12.2 Å². The summed E-state index contributed by atoms with van der Waals surface area (Å²) in [6, 6.07) is 1.99. The highest BCUT2D eigenvalue weighted by atomic mass is 32.2. The van der Waals surface area contributed by atoms with Gasteiger partial charge in [0, 0.05) is 0 Å². The molecule has 0 radical (unpaired) electrons. The van der Waals surface area contributed by atoms with Gasteiger partial charge in [0.1, 0.15) is 5.82 Å². The molecule has 18 heavy (non-hydrogen) atoms. The molecule has 0 aliphatic heterocycles. The van der Waals surface area contributed by atoms with Gasteiger partial charge >= 0.3 is 5.97 Å². The number of allylic oxidation sites excluding steroid dienone is 1. The fraction of sp³-hybridized carbons (Fsp3) is 0.250. The Morgan fingerprint density at radius 3 is 2.56 bits per heavy atom. The lowest BCUT2D eigenvalue weighted by molar-refractivity contribution is 0.0691. The van der Waals surface area contributed by atoms with Crippen LogP contribution >= 0.6 is 0 Å². The molecule has 0 aromatic heterocycles. The van der Waals surface area contributed by atoms with E-state index in [0.717, 1.165) is 12.1 Å². The average Bonchev–Trinajstić information content (AvgIpc) is 2.29. The predicted octanol–water partition coefficient (Wildman–Crippen LogP) is 2.18. The van der Waals surface area contributed by atoms with E-state index in [1.165, 1.54) is 13.0 Å². The van der Waals surface area contributed by atoms with Crippen LogP contribution in [0.3, 0.4) is 0 Å². The molecule has 98 valence electrons. The molecule has 0 unspecified atom stereocenters. The SMILES string of the molecule is C/C=C/CS(=O)(=O)c1cc(C)c(F)c(C(=O)O)c1. The minimum absolute atomic E-state index is 0.00560. The van der Waals surface area contributed by atoms with Gasteiger partial charge in [-0.25, -0.2) is 17.6 Å². The molecule has 1 aromatic rings. The van der Waals surface area contributed by atoms with Crippen molar-refractivity contribution < 1.29 is 22.7 Å². The maximum atomic E-state index is 13.5. The molecule has 0 saturated carbocycles. The fourth-order valence-electron chi connectivity index (χ4n) is 1.39. The summed E-state index contributed by atoms with van der Waals surface area (Å²) in [6.07, 6.45) is 3.01. The summed E-state index contributed by atoms with van der Waals surface area (Å²) in [5.74, 6) is -2.64. The van der Waals surface area contributed by atoms with E-state index in [4.69, 9.17) is 5.11 Å². The lowest BCUT2D eigenvalue weighted by Crippen LogP contribution is -2.09. The zero-order chi connectivity index (χ0) is 13.9. The first-order chi connectivity index (χ1) is 8.29. The molecule has 4 nitrogen and oxygen atoms in total. The summed E-state index contributed by atoms with van der Waals surface area (Å²) >= 11 is 0. The van der Waals surface area contributed by atoms with Crippen LogP contribution in [0.15, 0.2) is 29.2 Å². The molecule has 0 fully saturated rings. The monoisotopic (exact) mass is 272 g/mol. The summed E-state index contributed by atoms with van der Waals surface area (Å²) in [6.45, 7) is 3.00. The number of carboxylic acids is 1. The third-order valence-electron chi connectivity index (χ3n) is 2.37. The molecular weight excluding hydrogens is 259 g/mol. The van der Waals surface area contributed by atoms with Gasteiger partial charge in [-0.2, -0.15) is 0 Å². The van der Waals surface area contributed by atoms with E-state index in [-0.39, 0.29) is 16.2 Å². The Hall–Kier alpha value is -1.69. The number of hydrogen-bond acceptors (Lipinski definition) is 3. The zero-order valence-corrected chi connectivity index (χ0v) is 10.8. The number of benzene rings is 1. The first kappa shape index (κ1) is 14.4. The van der Waals surface area contributed by atoms with Crippen molar-refractivity contribution in [3.8, 4) is 0 Å². The summed E-state index contributed by atoms with van der Waals surface area (Å²) in [4.78, 5) is 10.6. The molecule has 1 N–H and O–H groups in total. The minimum Gasteiger partial charge on any atom is -0.478 e. The van der Waals surface area contributed by atoms with Crippen LogP contribution in [0.25, 0.3) is 0 Å². The first-order valence-corrected chi connectivity index (χ1v) is 6.82. The Kier molecular flexibility index (Phi) is 4.24. The van der Waals surface area contributed by atoms with Gasteiger partial charge in [-0.05, 0) is 31.5 Å². The van der Waals surface area contributed by atoms with E-state index < -0.39 is 27.2 Å². The van der Waals surface area contributed by atoms with Crippen LogP contribution in [-0.2, 0) is 9.84 Å². The van der Waals surface area contributed by atoms with Crippen LogP contribution < -0.4 is 0 Å². The van der Waals surface area contributed by atoms with E-state index >= 15 is 0 Å². The van der Waals surface area contributed by atoms with Gasteiger partial charge in [0.05, 0.1) is 16.2 Å². The fourth-order valence-corrected chi connectivity index (χ4v) is 2.68. The second-order valence-electron chi connectivity index (χ2n) is 3.76. The smallest absolute Gasteiger partial charge is 0.338 e. The second-order valence-corrected chi connectivity index (χ2v) is 5.79. The lowest BCUT2D eigenvalue weighted by atomic mass is 10.1. The number of aromatic carboxylic acids is 1. The number of aryl methyl sites for hydroxylation is 1. The second kappa shape index (κ2) is 5.30. The van der Waals surface area contributed by atoms with Crippen molar-refractivity contribution in [2.75, 3.05) is 5.75 Å². The van der Waals surface area contributed by atoms with E-state index in [1.807, 2.05) is 0 Å². The Morgan fingerprint density at radius 1 is 1.44 bits per heavy atom. The van der Waals surface area contributed by atoms with E-state index in [9.17, 15) is 17.6 Å². The molecule has 0 bridgehead atoms. The lowest BCUT2D eigenvalue weighted by Gasteiger charge is -2.07. The van der Waals surface area contributed by atoms with Crippen LogP contribution in [0.2, 0.25) is 0 Å². The molecule has 0 aliphatic rings. The van der Waals surface area contributed by atoms with Crippen molar-refractivity contribution >= 4 is 15.8 Å². The molecule has 0 amide bonds. The van der Waals surface area contributed by atoms with Gasteiger partial charge in [-0.3, -0.25) is 0 Å². The predicted molar refractivity (Wildman–Crippen MR) is 65.0 cm³/mol. The largest absolute Gasteiger partial charge is 0.478 e. The van der Waals surface area contributed by atoms with Crippen molar-refractivity contribution in [2.24, 2.45) is 0 Å². The van der Waals surface area contributed by atoms with Crippen LogP contribution in [0.5, 0.6) is 0 Å². The molecule has 0 atom stereocenters. The third kappa shape index (κ3) is 2.95. The highest BCUT2D eigenvalue weighted by molar-refractivity contribution is 7.91. The van der Waals surface area contributed by atoms with Crippen molar-refractivity contribution in [3.63, 3.8) is 0 Å². The van der Waals surface area contributed by atoms with E-state index in [2.05, 4.69) is 0 Å². The number of halogens is 1. The van der Waals surface area contributed by atoms with Gasteiger partial charge in [0.15, 0.2) is 9.84 Å². The maximum Gasteiger partial charge on any atom is 0.338 e.